The Labute approximate surface area is 104 Å². The van der Waals surface area contributed by atoms with Crippen molar-refractivity contribution in [3.63, 3.8) is 0 Å². The molecule has 0 aliphatic carbocycles. The smallest absolute Gasteiger partial charge is 0.124 e. The van der Waals surface area contributed by atoms with Crippen molar-refractivity contribution < 1.29 is 4.74 Å². The molecule has 0 aromatic heterocycles. The van der Waals surface area contributed by atoms with E-state index in [4.69, 9.17) is 4.74 Å². The standard InChI is InChI=1S/C15H23NO/c1-3-4-5-8-12(2)16-14-11-17-15-10-7-6-9-13(14)15/h6-7,9-10,12,14,16H,3-5,8,11H2,1-2H3. The predicted molar refractivity (Wildman–Crippen MR) is 71.4 cm³/mol. The van der Waals surface area contributed by atoms with Gasteiger partial charge in [0.2, 0.25) is 0 Å². The van der Waals surface area contributed by atoms with E-state index >= 15 is 0 Å². The highest BCUT2D eigenvalue weighted by Gasteiger charge is 2.24. The molecule has 2 unspecified atom stereocenters. The minimum Gasteiger partial charge on any atom is -0.491 e. The van der Waals surface area contributed by atoms with Gasteiger partial charge in [0.05, 0.1) is 6.04 Å². The first kappa shape index (κ1) is 12.4. The van der Waals surface area contributed by atoms with E-state index in [9.17, 15) is 0 Å². The Hall–Kier alpha value is -1.02. The number of fused-ring (bicyclic) bond motifs is 1. The Kier molecular flexibility index (Phi) is 4.43. The van der Waals surface area contributed by atoms with E-state index in [2.05, 4.69) is 37.4 Å². The molecule has 1 aliphatic rings. The summed E-state index contributed by atoms with van der Waals surface area (Å²) in [5.41, 5.74) is 1.31. The Morgan fingerprint density at radius 2 is 2.18 bits per heavy atom. The average Bonchev–Trinajstić information content (AvgIpc) is 2.73. The molecule has 0 saturated heterocycles. The number of unbranched alkanes of at least 4 members (excludes halogenated alkanes) is 2. The normalized spacial score (nSPS) is 19.8. The molecular formula is C15H23NO. The zero-order chi connectivity index (χ0) is 12.1. The number of ether oxygens (including phenoxy) is 1. The number of hydrogen-bond donors (Lipinski definition) is 1. The Bertz CT molecular complexity index is 351. The number of hydrogen-bond acceptors (Lipinski definition) is 2. The number of rotatable bonds is 6. The molecule has 94 valence electrons. The van der Waals surface area contributed by atoms with Crippen LogP contribution in [-0.2, 0) is 0 Å². The van der Waals surface area contributed by atoms with E-state index in [1.54, 1.807) is 0 Å². The van der Waals surface area contributed by atoms with Crippen LogP contribution >= 0.6 is 0 Å². The minimum absolute atomic E-state index is 0.378. The van der Waals surface area contributed by atoms with Gasteiger partial charge in [-0.05, 0) is 19.4 Å². The van der Waals surface area contributed by atoms with Crippen molar-refractivity contribution in [2.45, 2.75) is 51.6 Å². The lowest BCUT2D eigenvalue weighted by atomic mass is 10.1. The summed E-state index contributed by atoms with van der Waals surface area (Å²) < 4.78 is 5.68. The molecule has 2 nitrogen and oxygen atoms in total. The van der Waals surface area contributed by atoms with Crippen LogP contribution in [0, 0.1) is 0 Å². The molecular weight excluding hydrogens is 210 g/mol. The monoisotopic (exact) mass is 233 g/mol. The lowest BCUT2D eigenvalue weighted by Crippen LogP contribution is -2.31. The molecule has 1 aromatic rings. The van der Waals surface area contributed by atoms with E-state index in [0.29, 0.717) is 12.1 Å². The van der Waals surface area contributed by atoms with Gasteiger partial charge in [-0.25, -0.2) is 0 Å². The summed E-state index contributed by atoms with van der Waals surface area (Å²) in [6.07, 6.45) is 5.21. The van der Waals surface area contributed by atoms with Gasteiger partial charge in [0.1, 0.15) is 12.4 Å². The highest BCUT2D eigenvalue weighted by Crippen LogP contribution is 2.32. The lowest BCUT2D eigenvalue weighted by Gasteiger charge is -2.18. The lowest BCUT2D eigenvalue weighted by molar-refractivity contribution is 0.295. The maximum atomic E-state index is 5.68. The second-order valence-corrected chi connectivity index (χ2v) is 4.96. The molecule has 17 heavy (non-hydrogen) atoms. The number of benzene rings is 1. The third-order valence-electron chi connectivity index (χ3n) is 3.43. The van der Waals surface area contributed by atoms with Gasteiger partial charge in [0.25, 0.3) is 0 Å². The first-order valence-corrected chi connectivity index (χ1v) is 6.79. The molecule has 1 aromatic carbocycles. The van der Waals surface area contributed by atoms with Crippen molar-refractivity contribution in [1.29, 1.82) is 0 Å². The zero-order valence-electron chi connectivity index (χ0n) is 10.9. The molecule has 2 atom stereocenters. The average molecular weight is 233 g/mol. The summed E-state index contributed by atoms with van der Waals surface area (Å²) in [5.74, 6) is 1.05. The molecule has 1 N–H and O–H groups in total. The van der Waals surface area contributed by atoms with Gasteiger partial charge >= 0.3 is 0 Å². The van der Waals surface area contributed by atoms with Crippen LogP contribution in [0.2, 0.25) is 0 Å². The van der Waals surface area contributed by atoms with Crippen molar-refractivity contribution in [2.75, 3.05) is 6.61 Å². The zero-order valence-corrected chi connectivity index (χ0v) is 10.9. The maximum absolute atomic E-state index is 5.68. The number of para-hydroxylation sites is 1. The van der Waals surface area contributed by atoms with Crippen LogP contribution in [0.4, 0.5) is 0 Å². The fourth-order valence-electron chi connectivity index (χ4n) is 2.43. The third kappa shape index (κ3) is 3.22. The molecule has 0 radical (unpaired) electrons. The van der Waals surface area contributed by atoms with Crippen LogP contribution in [0.5, 0.6) is 5.75 Å². The molecule has 1 heterocycles. The fraction of sp³-hybridized carbons (Fsp3) is 0.600. The molecule has 0 amide bonds. The minimum atomic E-state index is 0.378. The predicted octanol–water partition coefficient (Wildman–Crippen LogP) is 3.68. The van der Waals surface area contributed by atoms with Crippen molar-refractivity contribution in [1.82, 2.24) is 5.32 Å². The summed E-state index contributed by atoms with van der Waals surface area (Å²) in [7, 11) is 0. The summed E-state index contributed by atoms with van der Waals surface area (Å²) in [6, 6.07) is 9.29. The summed E-state index contributed by atoms with van der Waals surface area (Å²) >= 11 is 0. The third-order valence-corrected chi connectivity index (χ3v) is 3.43. The van der Waals surface area contributed by atoms with Gasteiger partial charge < -0.3 is 10.1 Å². The first-order chi connectivity index (χ1) is 8.31. The molecule has 2 heteroatoms. The topological polar surface area (TPSA) is 21.3 Å². The quantitative estimate of drug-likeness (QED) is 0.757. The Morgan fingerprint density at radius 1 is 1.35 bits per heavy atom. The van der Waals surface area contributed by atoms with E-state index in [0.717, 1.165) is 12.4 Å². The second kappa shape index (κ2) is 6.06. The highest BCUT2D eigenvalue weighted by molar-refractivity contribution is 5.39. The molecule has 0 fully saturated rings. The van der Waals surface area contributed by atoms with Crippen LogP contribution < -0.4 is 10.1 Å². The van der Waals surface area contributed by atoms with Crippen LogP contribution in [0.3, 0.4) is 0 Å². The SMILES string of the molecule is CCCCCC(C)NC1COc2ccccc21. The van der Waals surface area contributed by atoms with Crippen molar-refractivity contribution in [3.05, 3.63) is 29.8 Å². The fourth-order valence-corrected chi connectivity index (χ4v) is 2.43. The van der Waals surface area contributed by atoms with Gasteiger partial charge in [0.15, 0.2) is 0 Å². The van der Waals surface area contributed by atoms with E-state index < -0.39 is 0 Å². The van der Waals surface area contributed by atoms with Gasteiger partial charge in [0, 0.05) is 11.6 Å². The highest BCUT2D eigenvalue weighted by atomic mass is 16.5. The largest absolute Gasteiger partial charge is 0.491 e. The van der Waals surface area contributed by atoms with Crippen molar-refractivity contribution in [3.8, 4) is 5.75 Å². The van der Waals surface area contributed by atoms with Crippen molar-refractivity contribution >= 4 is 0 Å². The Morgan fingerprint density at radius 3 is 3.00 bits per heavy atom. The van der Waals surface area contributed by atoms with Crippen LogP contribution in [0.15, 0.2) is 24.3 Å². The summed E-state index contributed by atoms with van der Waals surface area (Å²) in [4.78, 5) is 0. The molecule has 0 spiro atoms. The van der Waals surface area contributed by atoms with Crippen LogP contribution in [0.1, 0.15) is 51.1 Å². The van der Waals surface area contributed by atoms with E-state index in [1.165, 1.54) is 31.2 Å². The number of nitrogens with one attached hydrogen (secondary N) is 1. The van der Waals surface area contributed by atoms with Gasteiger partial charge in [-0.15, -0.1) is 0 Å². The van der Waals surface area contributed by atoms with Crippen LogP contribution in [0.25, 0.3) is 0 Å². The molecule has 1 aliphatic heterocycles. The van der Waals surface area contributed by atoms with Gasteiger partial charge in [-0.2, -0.15) is 0 Å². The molecule has 2 rings (SSSR count). The first-order valence-electron chi connectivity index (χ1n) is 6.79. The van der Waals surface area contributed by atoms with Crippen LogP contribution in [-0.4, -0.2) is 12.6 Å². The Balaban J connectivity index is 1.84. The van der Waals surface area contributed by atoms with Crippen molar-refractivity contribution in [2.24, 2.45) is 0 Å². The molecule has 0 saturated carbocycles. The molecule has 0 bridgehead atoms. The second-order valence-electron chi connectivity index (χ2n) is 4.96. The maximum Gasteiger partial charge on any atom is 0.124 e. The van der Waals surface area contributed by atoms with E-state index in [1.807, 2.05) is 6.07 Å². The van der Waals surface area contributed by atoms with Gasteiger partial charge in [-0.3, -0.25) is 0 Å². The van der Waals surface area contributed by atoms with Gasteiger partial charge in [-0.1, -0.05) is 44.4 Å². The van der Waals surface area contributed by atoms with E-state index in [-0.39, 0.29) is 0 Å². The summed E-state index contributed by atoms with van der Waals surface area (Å²) in [5, 5.41) is 3.67. The summed E-state index contributed by atoms with van der Waals surface area (Å²) in [6.45, 7) is 5.30.